The van der Waals surface area contributed by atoms with Gasteiger partial charge in [0.25, 0.3) is 5.56 Å². The van der Waals surface area contributed by atoms with Gasteiger partial charge in [-0.2, -0.15) is 0 Å². The summed E-state index contributed by atoms with van der Waals surface area (Å²) in [5, 5.41) is 3.44. The maximum Gasteiger partial charge on any atom is 0.282 e. The molecule has 0 spiro atoms. The Hall–Kier alpha value is -3.23. The van der Waals surface area contributed by atoms with Crippen LogP contribution in [0.4, 0.5) is 5.69 Å². The monoisotopic (exact) mass is 493 g/mol. The molecule has 0 aliphatic heterocycles. The van der Waals surface area contributed by atoms with Crippen molar-refractivity contribution in [3.63, 3.8) is 0 Å². The van der Waals surface area contributed by atoms with Gasteiger partial charge in [0.1, 0.15) is 0 Å². The SMILES string of the molecule is CCc1ccc(NC(=O)[C@@H](CC)Sc2nc3nccnc3c(=O)n2Cc2ccccc2Cl)cc1. The molecule has 1 amide bonds. The third-order valence-electron chi connectivity index (χ3n) is 5.39. The van der Waals surface area contributed by atoms with Crippen molar-refractivity contribution in [1.82, 2.24) is 19.5 Å². The number of carbonyl (C=O) groups is 1. The summed E-state index contributed by atoms with van der Waals surface area (Å²) in [4.78, 5) is 39.4. The molecule has 2 aromatic carbocycles. The topological polar surface area (TPSA) is 89.8 Å². The van der Waals surface area contributed by atoms with E-state index in [1.54, 1.807) is 6.07 Å². The van der Waals surface area contributed by atoms with Crippen molar-refractivity contribution in [2.75, 3.05) is 5.32 Å². The van der Waals surface area contributed by atoms with Crippen LogP contribution < -0.4 is 10.9 Å². The van der Waals surface area contributed by atoms with E-state index in [4.69, 9.17) is 11.6 Å². The van der Waals surface area contributed by atoms with Gasteiger partial charge in [-0.1, -0.05) is 67.5 Å². The molecule has 0 bridgehead atoms. The van der Waals surface area contributed by atoms with Crippen LogP contribution in [0.2, 0.25) is 5.02 Å². The minimum absolute atomic E-state index is 0.158. The van der Waals surface area contributed by atoms with Crippen LogP contribution in [0.1, 0.15) is 31.4 Å². The highest BCUT2D eigenvalue weighted by Gasteiger charge is 2.23. The molecule has 9 heteroatoms. The minimum atomic E-state index is -0.468. The third-order valence-corrected chi connectivity index (χ3v) is 7.11. The number of amides is 1. The van der Waals surface area contributed by atoms with E-state index in [0.29, 0.717) is 16.6 Å². The number of nitrogens with one attached hydrogen (secondary N) is 1. The average molecular weight is 494 g/mol. The van der Waals surface area contributed by atoms with E-state index < -0.39 is 5.25 Å². The maximum absolute atomic E-state index is 13.3. The summed E-state index contributed by atoms with van der Waals surface area (Å²) < 4.78 is 1.51. The van der Waals surface area contributed by atoms with Gasteiger partial charge in [0.15, 0.2) is 16.3 Å². The smallest absolute Gasteiger partial charge is 0.282 e. The summed E-state index contributed by atoms with van der Waals surface area (Å²) >= 11 is 7.59. The summed E-state index contributed by atoms with van der Waals surface area (Å²) in [7, 11) is 0. The molecule has 1 N–H and O–H groups in total. The molecule has 7 nitrogen and oxygen atoms in total. The molecule has 0 radical (unpaired) electrons. The van der Waals surface area contributed by atoms with Crippen molar-refractivity contribution in [3.8, 4) is 0 Å². The Morgan fingerprint density at radius 1 is 1.09 bits per heavy atom. The molecular formula is C25H24ClN5O2S. The summed E-state index contributed by atoms with van der Waals surface area (Å²) in [6.07, 6.45) is 4.43. The van der Waals surface area contributed by atoms with E-state index in [2.05, 4.69) is 27.2 Å². The Labute approximate surface area is 206 Å². The summed E-state index contributed by atoms with van der Waals surface area (Å²) in [5.74, 6) is -0.158. The Bertz CT molecular complexity index is 1370. The fourth-order valence-electron chi connectivity index (χ4n) is 3.45. The first-order chi connectivity index (χ1) is 16.5. The van der Waals surface area contributed by atoms with E-state index in [0.717, 1.165) is 17.7 Å². The van der Waals surface area contributed by atoms with Gasteiger partial charge in [0.2, 0.25) is 5.91 Å². The van der Waals surface area contributed by atoms with E-state index in [1.807, 2.05) is 49.4 Å². The zero-order valence-electron chi connectivity index (χ0n) is 18.9. The van der Waals surface area contributed by atoms with Crippen LogP contribution in [0, 0.1) is 0 Å². The van der Waals surface area contributed by atoms with E-state index in [1.165, 1.54) is 34.3 Å². The highest BCUT2D eigenvalue weighted by Crippen LogP contribution is 2.27. The minimum Gasteiger partial charge on any atom is -0.325 e. The van der Waals surface area contributed by atoms with Crippen LogP contribution in [-0.2, 0) is 17.8 Å². The van der Waals surface area contributed by atoms with Crippen molar-refractivity contribution in [2.45, 2.75) is 43.6 Å². The molecule has 0 saturated carbocycles. The van der Waals surface area contributed by atoms with Crippen LogP contribution in [0.15, 0.2) is 70.9 Å². The van der Waals surface area contributed by atoms with Crippen molar-refractivity contribution in [3.05, 3.63) is 87.4 Å². The first kappa shape index (κ1) is 23.9. The van der Waals surface area contributed by atoms with Gasteiger partial charge in [-0.3, -0.25) is 14.2 Å². The number of carbonyl (C=O) groups excluding carboxylic acids is 1. The average Bonchev–Trinajstić information content (AvgIpc) is 2.86. The summed E-state index contributed by atoms with van der Waals surface area (Å²) in [6.45, 7) is 4.21. The number of aromatic nitrogens is 4. The van der Waals surface area contributed by atoms with Gasteiger partial charge in [-0.05, 0) is 42.2 Å². The number of nitrogens with zero attached hydrogens (tertiary/aromatic N) is 4. The molecule has 0 fully saturated rings. The summed E-state index contributed by atoms with van der Waals surface area (Å²) in [6, 6.07) is 15.1. The molecule has 2 aromatic heterocycles. The van der Waals surface area contributed by atoms with Gasteiger partial charge < -0.3 is 5.32 Å². The molecule has 0 unspecified atom stereocenters. The van der Waals surface area contributed by atoms with E-state index >= 15 is 0 Å². The van der Waals surface area contributed by atoms with Crippen LogP contribution >= 0.6 is 23.4 Å². The Morgan fingerprint density at radius 3 is 2.53 bits per heavy atom. The number of anilines is 1. The molecule has 174 valence electrons. The largest absolute Gasteiger partial charge is 0.325 e. The highest BCUT2D eigenvalue weighted by molar-refractivity contribution is 8.00. The predicted octanol–water partition coefficient (Wildman–Crippen LogP) is 4.96. The Balaban J connectivity index is 1.67. The van der Waals surface area contributed by atoms with E-state index in [-0.39, 0.29) is 29.2 Å². The van der Waals surface area contributed by atoms with Crippen LogP contribution in [0.25, 0.3) is 11.2 Å². The predicted molar refractivity (Wildman–Crippen MR) is 137 cm³/mol. The first-order valence-electron chi connectivity index (χ1n) is 11.0. The normalized spacial score (nSPS) is 12.0. The first-order valence-corrected chi connectivity index (χ1v) is 12.3. The van der Waals surface area contributed by atoms with Gasteiger partial charge >= 0.3 is 0 Å². The molecule has 0 aliphatic rings. The number of thioether (sulfide) groups is 1. The van der Waals surface area contributed by atoms with Crippen molar-refractivity contribution < 1.29 is 4.79 Å². The standard InChI is InChI=1S/C25H24ClN5O2S/c1-3-16-9-11-18(12-10-16)29-23(32)20(4-2)34-25-30-22-21(27-13-14-28-22)24(33)31(25)15-17-7-5-6-8-19(17)26/h5-14,20H,3-4,15H2,1-2H3,(H,29,32)/t20-/m1/s1. The molecule has 34 heavy (non-hydrogen) atoms. The number of hydrogen-bond donors (Lipinski definition) is 1. The zero-order chi connectivity index (χ0) is 24.1. The van der Waals surface area contributed by atoms with Crippen molar-refractivity contribution in [2.24, 2.45) is 0 Å². The van der Waals surface area contributed by atoms with Crippen molar-refractivity contribution in [1.29, 1.82) is 0 Å². The van der Waals surface area contributed by atoms with Crippen molar-refractivity contribution >= 4 is 46.1 Å². The number of fused-ring (bicyclic) bond motifs is 1. The fraction of sp³-hybridized carbons (Fsp3) is 0.240. The second-order valence-electron chi connectivity index (χ2n) is 7.66. The number of aryl methyl sites for hydroxylation is 1. The van der Waals surface area contributed by atoms with E-state index in [9.17, 15) is 9.59 Å². The lowest BCUT2D eigenvalue weighted by Crippen LogP contribution is -2.29. The van der Waals surface area contributed by atoms with Crippen LogP contribution in [0.3, 0.4) is 0 Å². The molecule has 2 heterocycles. The fourth-order valence-corrected chi connectivity index (χ4v) is 4.65. The molecule has 1 atom stereocenters. The Morgan fingerprint density at radius 2 is 1.82 bits per heavy atom. The molecular weight excluding hydrogens is 470 g/mol. The third kappa shape index (κ3) is 5.29. The van der Waals surface area contributed by atoms with Gasteiger partial charge in [-0.25, -0.2) is 15.0 Å². The number of hydrogen-bond acceptors (Lipinski definition) is 6. The van der Waals surface area contributed by atoms with Gasteiger partial charge in [0.05, 0.1) is 11.8 Å². The zero-order valence-corrected chi connectivity index (χ0v) is 20.4. The molecule has 4 rings (SSSR count). The van der Waals surface area contributed by atoms with Gasteiger partial charge in [0, 0.05) is 23.1 Å². The molecule has 0 aliphatic carbocycles. The number of halogens is 1. The Kier molecular flexibility index (Phi) is 7.59. The lowest BCUT2D eigenvalue weighted by molar-refractivity contribution is -0.115. The molecule has 4 aromatic rings. The quantitative estimate of drug-likeness (QED) is 0.275. The number of rotatable bonds is 8. The lowest BCUT2D eigenvalue weighted by atomic mass is 10.1. The summed E-state index contributed by atoms with van der Waals surface area (Å²) in [5.41, 5.74) is 2.79. The maximum atomic E-state index is 13.3. The second kappa shape index (κ2) is 10.8. The second-order valence-corrected chi connectivity index (χ2v) is 9.24. The van der Waals surface area contributed by atoms with Crippen LogP contribution in [-0.4, -0.2) is 30.7 Å². The molecule has 0 saturated heterocycles. The lowest BCUT2D eigenvalue weighted by Gasteiger charge is -2.18. The number of benzene rings is 2. The highest BCUT2D eigenvalue weighted by atomic mass is 35.5. The van der Waals surface area contributed by atoms with Crippen LogP contribution in [0.5, 0.6) is 0 Å². The van der Waals surface area contributed by atoms with Gasteiger partial charge in [-0.15, -0.1) is 0 Å².